The van der Waals surface area contributed by atoms with Crippen LogP contribution in [0.5, 0.6) is 11.5 Å². The quantitative estimate of drug-likeness (QED) is 0.370. The monoisotopic (exact) mass is 527 g/mol. The summed E-state index contributed by atoms with van der Waals surface area (Å²) < 4.78 is 14.7. The van der Waals surface area contributed by atoms with Gasteiger partial charge in [-0.05, 0) is 56.5 Å². The van der Waals surface area contributed by atoms with Gasteiger partial charge in [0.25, 0.3) is 5.56 Å². The zero-order valence-electron chi connectivity index (χ0n) is 20.2. The van der Waals surface area contributed by atoms with E-state index in [1.165, 1.54) is 21.5 Å². The number of thiophene rings is 1. The summed E-state index contributed by atoms with van der Waals surface area (Å²) in [5.74, 6) is 2.81. The summed E-state index contributed by atoms with van der Waals surface area (Å²) >= 11 is 1.45. The Morgan fingerprint density at radius 3 is 2.81 bits per heavy atom. The Hall–Kier alpha value is -2.81. The highest BCUT2D eigenvalue weighted by Crippen LogP contribution is 2.46. The van der Waals surface area contributed by atoms with Gasteiger partial charge in [-0.2, -0.15) is 0 Å². The molecule has 1 fully saturated rings. The number of unbranched alkanes of at least 4 members (excludes halogenated alkanes) is 1. The van der Waals surface area contributed by atoms with Crippen LogP contribution >= 0.6 is 23.7 Å². The molecule has 9 heteroatoms. The van der Waals surface area contributed by atoms with Crippen molar-refractivity contribution in [3.63, 3.8) is 0 Å². The van der Waals surface area contributed by atoms with Gasteiger partial charge in [-0.3, -0.25) is 9.36 Å². The maximum absolute atomic E-state index is 13.0. The lowest BCUT2D eigenvalue weighted by molar-refractivity contribution is 0.0902. The lowest BCUT2D eigenvalue weighted by Gasteiger charge is -2.42. The molecule has 0 unspecified atom stereocenters. The average Bonchev–Trinajstić information content (AvgIpc) is 3.26. The van der Waals surface area contributed by atoms with Gasteiger partial charge in [-0.15, -0.1) is 23.7 Å². The molecule has 2 aromatic carbocycles. The number of hydrogen-bond donors (Lipinski definition) is 1. The molecule has 36 heavy (non-hydrogen) atoms. The van der Waals surface area contributed by atoms with Gasteiger partial charge in [0.15, 0.2) is 0 Å². The van der Waals surface area contributed by atoms with E-state index in [-0.39, 0.29) is 23.7 Å². The van der Waals surface area contributed by atoms with Crippen LogP contribution in [-0.4, -0.2) is 47.8 Å². The second-order valence-electron chi connectivity index (χ2n) is 9.54. The van der Waals surface area contributed by atoms with Crippen molar-refractivity contribution < 1.29 is 9.47 Å². The molecule has 2 atom stereocenters. The van der Waals surface area contributed by atoms with E-state index in [4.69, 9.17) is 9.47 Å². The van der Waals surface area contributed by atoms with Crippen molar-refractivity contribution in [3.8, 4) is 11.5 Å². The second kappa shape index (κ2) is 10.3. The van der Waals surface area contributed by atoms with Gasteiger partial charge < -0.3 is 19.4 Å². The molecule has 4 heterocycles. The van der Waals surface area contributed by atoms with E-state index in [2.05, 4.69) is 9.88 Å². The lowest BCUT2D eigenvalue weighted by atomic mass is 9.78. The van der Waals surface area contributed by atoms with Crippen LogP contribution < -0.4 is 20.7 Å². The molecular weight excluding hydrogens is 498 g/mol. The van der Waals surface area contributed by atoms with Crippen LogP contribution in [0.3, 0.4) is 0 Å². The van der Waals surface area contributed by atoms with Gasteiger partial charge in [-0.1, -0.05) is 24.3 Å². The number of rotatable bonds is 6. The maximum atomic E-state index is 13.0. The minimum absolute atomic E-state index is 0. The molecular formula is C27H30ClN3O4S. The first-order valence-electron chi connectivity index (χ1n) is 12.3. The van der Waals surface area contributed by atoms with Crippen molar-refractivity contribution in [3.05, 3.63) is 68.9 Å². The molecule has 1 N–H and O–H groups in total. The summed E-state index contributed by atoms with van der Waals surface area (Å²) in [6.07, 6.45) is 2.81. The first kappa shape index (κ1) is 24.9. The highest BCUT2D eigenvalue weighted by atomic mass is 35.5. The van der Waals surface area contributed by atoms with E-state index >= 15 is 0 Å². The Balaban J connectivity index is 0.00000267. The van der Waals surface area contributed by atoms with Crippen molar-refractivity contribution in [1.82, 2.24) is 14.5 Å². The fraction of sp³-hybridized carbons (Fsp3) is 0.407. The number of H-pyrrole nitrogens is 1. The third-order valence-corrected chi connectivity index (χ3v) is 8.66. The Labute approximate surface area is 219 Å². The first-order valence-corrected chi connectivity index (χ1v) is 13.1. The van der Waals surface area contributed by atoms with E-state index in [9.17, 15) is 9.59 Å². The number of aromatic nitrogens is 2. The number of aromatic amines is 1. The van der Waals surface area contributed by atoms with Crippen LogP contribution in [0.4, 0.5) is 0 Å². The number of nitrogens with one attached hydrogen (secondary N) is 1. The maximum Gasteiger partial charge on any atom is 0.328 e. The molecule has 2 aliphatic heterocycles. The smallest absolute Gasteiger partial charge is 0.328 e. The van der Waals surface area contributed by atoms with E-state index in [1.54, 1.807) is 7.11 Å². The zero-order chi connectivity index (χ0) is 23.9. The molecule has 0 amide bonds. The minimum Gasteiger partial charge on any atom is -0.496 e. The molecule has 190 valence electrons. The molecule has 4 aromatic rings. The number of benzene rings is 2. The van der Waals surface area contributed by atoms with Gasteiger partial charge in [0.2, 0.25) is 0 Å². The molecule has 7 nitrogen and oxygen atoms in total. The number of halogens is 1. The van der Waals surface area contributed by atoms with Crippen molar-refractivity contribution in [1.29, 1.82) is 0 Å². The Morgan fingerprint density at radius 1 is 1.11 bits per heavy atom. The molecule has 2 aliphatic rings. The van der Waals surface area contributed by atoms with Crippen molar-refractivity contribution in [2.24, 2.45) is 5.92 Å². The van der Waals surface area contributed by atoms with Crippen LogP contribution in [0.1, 0.15) is 30.7 Å². The van der Waals surface area contributed by atoms with Crippen molar-refractivity contribution >= 4 is 44.0 Å². The first-order chi connectivity index (χ1) is 17.1. The van der Waals surface area contributed by atoms with Gasteiger partial charge in [0.05, 0.1) is 19.2 Å². The third-order valence-electron chi connectivity index (χ3n) is 7.51. The molecule has 0 spiro atoms. The Morgan fingerprint density at radius 2 is 1.94 bits per heavy atom. The summed E-state index contributed by atoms with van der Waals surface area (Å²) in [6, 6.07) is 13.9. The summed E-state index contributed by atoms with van der Waals surface area (Å²) in [5, 5.41) is 0.934. The summed E-state index contributed by atoms with van der Waals surface area (Å²) in [6.45, 7) is 4.16. The predicted octanol–water partition coefficient (Wildman–Crippen LogP) is 4.61. The van der Waals surface area contributed by atoms with E-state index in [0.717, 1.165) is 67.1 Å². The van der Waals surface area contributed by atoms with Gasteiger partial charge in [0, 0.05) is 34.7 Å². The Bertz CT molecular complexity index is 1500. The zero-order valence-corrected chi connectivity index (χ0v) is 21.8. The average molecular weight is 528 g/mol. The number of nitrogens with zero attached hydrogens (tertiary/aromatic N) is 2. The van der Waals surface area contributed by atoms with Crippen LogP contribution in [0.2, 0.25) is 0 Å². The van der Waals surface area contributed by atoms with E-state index in [0.29, 0.717) is 28.6 Å². The highest BCUT2D eigenvalue weighted by molar-refractivity contribution is 7.25. The Kier molecular flexibility index (Phi) is 7.10. The van der Waals surface area contributed by atoms with Crippen LogP contribution in [-0.2, 0) is 6.54 Å². The largest absolute Gasteiger partial charge is 0.496 e. The highest BCUT2D eigenvalue weighted by Gasteiger charge is 2.37. The summed E-state index contributed by atoms with van der Waals surface area (Å²) in [5.41, 5.74) is 1.38. The molecule has 0 saturated carbocycles. The number of fused-ring (bicyclic) bond motifs is 6. The number of likely N-dealkylation sites (tertiary alicyclic amines) is 1. The predicted molar refractivity (Wildman–Crippen MR) is 146 cm³/mol. The van der Waals surface area contributed by atoms with Crippen LogP contribution in [0, 0.1) is 5.92 Å². The fourth-order valence-corrected chi connectivity index (χ4v) is 6.87. The minimum atomic E-state index is -0.321. The van der Waals surface area contributed by atoms with Crippen molar-refractivity contribution in [2.75, 3.05) is 33.4 Å². The number of methoxy groups -OCH3 is 1. The second-order valence-corrected chi connectivity index (χ2v) is 10.6. The van der Waals surface area contributed by atoms with Gasteiger partial charge in [0.1, 0.15) is 16.2 Å². The molecule has 1 saturated heterocycles. The van der Waals surface area contributed by atoms with Crippen molar-refractivity contribution in [2.45, 2.75) is 31.7 Å². The number of hydrogen-bond acceptors (Lipinski definition) is 6. The molecule has 2 aromatic heterocycles. The topological polar surface area (TPSA) is 76.6 Å². The molecule has 0 radical (unpaired) electrons. The van der Waals surface area contributed by atoms with Crippen LogP contribution in [0.25, 0.3) is 20.3 Å². The molecule has 6 rings (SSSR count). The lowest BCUT2D eigenvalue weighted by Crippen LogP contribution is -2.44. The SMILES string of the molecule is COc1cccc2c1[C@H]1CCN(CCCCn3c(=O)[nH]c4c(sc5ccccc54)c3=O)C[C@@H]1CO2.Cl. The molecule has 0 bridgehead atoms. The standard InChI is InChI=1S/C27H29N3O4S.ClH/c1-33-20-8-6-9-21-23(20)18-11-14-29(15-17(18)16-34-21)12-4-5-13-30-26(31)25-24(28-27(30)32)19-7-2-3-10-22(19)35-25;/h2-3,6-10,17-18H,4-5,11-16H2,1H3,(H,28,32);1H/t17-,18+;/m1./s1. The van der Waals surface area contributed by atoms with E-state index in [1.807, 2.05) is 42.5 Å². The van der Waals surface area contributed by atoms with E-state index < -0.39 is 0 Å². The van der Waals surface area contributed by atoms with Crippen LogP contribution in [0.15, 0.2) is 52.1 Å². The summed E-state index contributed by atoms with van der Waals surface area (Å²) in [4.78, 5) is 31.2. The third kappa shape index (κ3) is 4.31. The molecule has 0 aliphatic carbocycles. The van der Waals surface area contributed by atoms with Gasteiger partial charge in [-0.25, -0.2) is 4.79 Å². The number of piperidine rings is 1. The fourth-order valence-electron chi connectivity index (χ4n) is 5.77. The summed E-state index contributed by atoms with van der Waals surface area (Å²) in [7, 11) is 1.73. The number of ether oxygens (including phenoxy) is 2. The normalized spacial score (nSPS) is 19.4. The van der Waals surface area contributed by atoms with Gasteiger partial charge >= 0.3 is 5.69 Å².